The van der Waals surface area contributed by atoms with Crippen molar-refractivity contribution in [3.63, 3.8) is 0 Å². The van der Waals surface area contributed by atoms with Crippen LogP contribution in [0.15, 0.2) is 18.2 Å². The standard InChI is InChI=1S/C15H20O3/c1-15(8-4-3-5-9-15)18-13-7-6-12(11-16)10-14(13)17-2/h6-7,10-11H,3-5,8-9H2,1-2H3. The summed E-state index contributed by atoms with van der Waals surface area (Å²) in [4.78, 5) is 10.7. The minimum absolute atomic E-state index is 0.103. The van der Waals surface area contributed by atoms with Crippen LogP contribution in [0.2, 0.25) is 0 Å². The highest BCUT2D eigenvalue weighted by Crippen LogP contribution is 2.36. The molecule has 0 aliphatic heterocycles. The molecule has 1 aliphatic rings. The second kappa shape index (κ2) is 5.42. The number of benzene rings is 1. The molecule has 1 fully saturated rings. The Bertz CT molecular complexity index is 420. The van der Waals surface area contributed by atoms with Crippen LogP contribution in [0.4, 0.5) is 0 Å². The molecule has 3 nitrogen and oxygen atoms in total. The molecule has 0 aromatic heterocycles. The molecule has 1 aromatic carbocycles. The molecule has 98 valence electrons. The number of ether oxygens (including phenoxy) is 2. The van der Waals surface area contributed by atoms with E-state index in [1.54, 1.807) is 19.2 Å². The summed E-state index contributed by atoms with van der Waals surface area (Å²) in [6.45, 7) is 2.15. The topological polar surface area (TPSA) is 35.5 Å². The third kappa shape index (κ3) is 2.84. The van der Waals surface area contributed by atoms with Crippen molar-refractivity contribution in [2.45, 2.75) is 44.6 Å². The van der Waals surface area contributed by atoms with E-state index in [0.29, 0.717) is 11.3 Å². The highest BCUT2D eigenvalue weighted by molar-refractivity contribution is 5.76. The summed E-state index contributed by atoms with van der Waals surface area (Å²) in [6.07, 6.45) is 6.68. The zero-order chi connectivity index (χ0) is 13.0. The molecule has 0 spiro atoms. The van der Waals surface area contributed by atoms with Gasteiger partial charge < -0.3 is 9.47 Å². The number of methoxy groups -OCH3 is 1. The van der Waals surface area contributed by atoms with Crippen molar-refractivity contribution in [1.29, 1.82) is 0 Å². The first kappa shape index (κ1) is 12.9. The molecule has 0 heterocycles. The second-order valence-corrected chi connectivity index (χ2v) is 5.14. The van der Waals surface area contributed by atoms with Crippen molar-refractivity contribution in [2.24, 2.45) is 0 Å². The Kier molecular flexibility index (Phi) is 3.90. The summed E-state index contributed by atoms with van der Waals surface area (Å²) in [5.74, 6) is 1.36. The van der Waals surface area contributed by atoms with Gasteiger partial charge in [-0.15, -0.1) is 0 Å². The van der Waals surface area contributed by atoms with Gasteiger partial charge in [0.25, 0.3) is 0 Å². The number of aldehydes is 1. The minimum atomic E-state index is -0.103. The van der Waals surface area contributed by atoms with Crippen LogP contribution in [0.5, 0.6) is 11.5 Å². The Hall–Kier alpha value is -1.51. The lowest BCUT2D eigenvalue weighted by Crippen LogP contribution is -2.34. The Morgan fingerprint density at radius 1 is 1.17 bits per heavy atom. The summed E-state index contributed by atoms with van der Waals surface area (Å²) in [6, 6.07) is 5.30. The van der Waals surface area contributed by atoms with Crippen molar-refractivity contribution in [2.75, 3.05) is 7.11 Å². The molecule has 0 radical (unpaired) electrons. The molecule has 0 N–H and O–H groups in total. The van der Waals surface area contributed by atoms with E-state index in [0.717, 1.165) is 24.9 Å². The first-order valence-electron chi connectivity index (χ1n) is 6.49. The first-order chi connectivity index (χ1) is 8.67. The van der Waals surface area contributed by atoms with Gasteiger partial charge in [0.2, 0.25) is 0 Å². The molecule has 0 amide bonds. The number of carbonyl (C=O) groups is 1. The summed E-state index contributed by atoms with van der Waals surface area (Å²) in [5, 5.41) is 0. The van der Waals surface area contributed by atoms with E-state index in [2.05, 4.69) is 6.92 Å². The fourth-order valence-corrected chi connectivity index (χ4v) is 2.51. The van der Waals surface area contributed by atoms with Crippen molar-refractivity contribution in [3.8, 4) is 11.5 Å². The van der Waals surface area contributed by atoms with Gasteiger partial charge in [-0.25, -0.2) is 0 Å². The van der Waals surface area contributed by atoms with E-state index in [4.69, 9.17) is 9.47 Å². The molecule has 18 heavy (non-hydrogen) atoms. The van der Waals surface area contributed by atoms with Crippen LogP contribution in [0.1, 0.15) is 49.4 Å². The van der Waals surface area contributed by atoms with Gasteiger partial charge in [-0.05, 0) is 50.8 Å². The Labute approximate surface area is 108 Å². The van der Waals surface area contributed by atoms with Gasteiger partial charge in [-0.1, -0.05) is 6.42 Å². The van der Waals surface area contributed by atoms with Crippen LogP contribution in [0.25, 0.3) is 0 Å². The van der Waals surface area contributed by atoms with Gasteiger partial charge in [-0.3, -0.25) is 4.79 Å². The number of hydrogen-bond donors (Lipinski definition) is 0. The van der Waals surface area contributed by atoms with Crippen LogP contribution in [-0.2, 0) is 0 Å². The SMILES string of the molecule is COc1cc(C=O)ccc1OC1(C)CCCCC1. The van der Waals surface area contributed by atoms with Gasteiger partial charge in [-0.2, -0.15) is 0 Å². The average molecular weight is 248 g/mol. The maximum Gasteiger partial charge on any atom is 0.162 e. The molecule has 0 unspecified atom stereocenters. The molecule has 2 rings (SSSR count). The molecule has 0 bridgehead atoms. The van der Waals surface area contributed by atoms with Gasteiger partial charge in [0, 0.05) is 5.56 Å². The normalized spacial score (nSPS) is 18.1. The summed E-state index contributed by atoms with van der Waals surface area (Å²) >= 11 is 0. The number of hydrogen-bond acceptors (Lipinski definition) is 3. The van der Waals surface area contributed by atoms with Gasteiger partial charge >= 0.3 is 0 Å². The third-order valence-electron chi connectivity index (χ3n) is 3.59. The lowest BCUT2D eigenvalue weighted by molar-refractivity contribution is 0.0460. The van der Waals surface area contributed by atoms with Crippen molar-refractivity contribution >= 4 is 6.29 Å². The highest BCUT2D eigenvalue weighted by atomic mass is 16.5. The molecular weight excluding hydrogens is 228 g/mol. The van der Waals surface area contributed by atoms with Crippen molar-refractivity contribution in [1.82, 2.24) is 0 Å². The fourth-order valence-electron chi connectivity index (χ4n) is 2.51. The van der Waals surface area contributed by atoms with Crippen LogP contribution in [-0.4, -0.2) is 19.0 Å². The lowest BCUT2D eigenvalue weighted by Gasteiger charge is -2.34. The summed E-state index contributed by atoms with van der Waals surface area (Å²) in [5.41, 5.74) is 0.502. The minimum Gasteiger partial charge on any atom is -0.493 e. The van der Waals surface area contributed by atoms with E-state index in [-0.39, 0.29) is 5.60 Å². The summed E-state index contributed by atoms with van der Waals surface area (Å²) in [7, 11) is 1.60. The van der Waals surface area contributed by atoms with Crippen LogP contribution < -0.4 is 9.47 Å². The molecule has 0 saturated heterocycles. The molecule has 0 atom stereocenters. The van der Waals surface area contributed by atoms with E-state index in [1.165, 1.54) is 19.3 Å². The molecule has 1 aromatic rings. The largest absolute Gasteiger partial charge is 0.493 e. The van der Waals surface area contributed by atoms with Gasteiger partial charge in [0.05, 0.1) is 7.11 Å². The Morgan fingerprint density at radius 3 is 2.50 bits per heavy atom. The van der Waals surface area contributed by atoms with E-state index in [1.807, 2.05) is 6.07 Å². The molecule has 1 aliphatic carbocycles. The monoisotopic (exact) mass is 248 g/mol. The Balaban J connectivity index is 2.19. The van der Waals surface area contributed by atoms with Gasteiger partial charge in [0.1, 0.15) is 11.9 Å². The lowest BCUT2D eigenvalue weighted by atomic mass is 9.86. The van der Waals surface area contributed by atoms with Crippen LogP contribution >= 0.6 is 0 Å². The average Bonchev–Trinajstić information content (AvgIpc) is 2.39. The predicted octanol–water partition coefficient (Wildman–Crippen LogP) is 3.61. The maximum atomic E-state index is 10.7. The quantitative estimate of drug-likeness (QED) is 0.763. The van der Waals surface area contributed by atoms with Crippen molar-refractivity contribution < 1.29 is 14.3 Å². The predicted molar refractivity (Wildman–Crippen MR) is 70.5 cm³/mol. The molecule has 3 heteroatoms. The first-order valence-corrected chi connectivity index (χ1v) is 6.49. The number of rotatable bonds is 4. The summed E-state index contributed by atoms with van der Waals surface area (Å²) < 4.78 is 11.4. The molecular formula is C15H20O3. The molecule has 1 saturated carbocycles. The number of carbonyl (C=O) groups excluding carboxylic acids is 1. The Morgan fingerprint density at radius 2 is 1.89 bits per heavy atom. The van der Waals surface area contributed by atoms with Crippen LogP contribution in [0, 0.1) is 0 Å². The zero-order valence-corrected chi connectivity index (χ0v) is 11.1. The van der Waals surface area contributed by atoms with Crippen LogP contribution in [0.3, 0.4) is 0 Å². The van der Waals surface area contributed by atoms with E-state index in [9.17, 15) is 4.79 Å². The highest BCUT2D eigenvalue weighted by Gasteiger charge is 2.29. The van der Waals surface area contributed by atoms with E-state index >= 15 is 0 Å². The maximum absolute atomic E-state index is 10.7. The van der Waals surface area contributed by atoms with Crippen molar-refractivity contribution in [3.05, 3.63) is 23.8 Å². The smallest absolute Gasteiger partial charge is 0.162 e. The fraction of sp³-hybridized carbons (Fsp3) is 0.533. The van der Waals surface area contributed by atoms with Gasteiger partial charge in [0.15, 0.2) is 11.5 Å². The third-order valence-corrected chi connectivity index (χ3v) is 3.59. The second-order valence-electron chi connectivity index (χ2n) is 5.14. The zero-order valence-electron chi connectivity index (χ0n) is 11.1. The van der Waals surface area contributed by atoms with E-state index < -0.39 is 0 Å².